The minimum Gasteiger partial charge on any atom is -0.455 e. The molecule has 2 aromatic rings. The number of hydrogen-bond acceptors (Lipinski definition) is 7. The van der Waals surface area contributed by atoms with Gasteiger partial charge in [-0.25, -0.2) is 0 Å². The van der Waals surface area contributed by atoms with E-state index in [1.807, 2.05) is 18.2 Å². The minimum absolute atomic E-state index is 0.126. The van der Waals surface area contributed by atoms with Gasteiger partial charge < -0.3 is 29.7 Å². The van der Waals surface area contributed by atoms with Crippen molar-refractivity contribution in [3.8, 4) is 0 Å². The van der Waals surface area contributed by atoms with E-state index in [2.05, 4.69) is 34.4 Å². The van der Waals surface area contributed by atoms with Crippen LogP contribution in [0.25, 0.3) is 0 Å². The molecule has 3 aliphatic rings. The van der Waals surface area contributed by atoms with Gasteiger partial charge in [0, 0.05) is 35.0 Å². The van der Waals surface area contributed by atoms with Crippen molar-refractivity contribution in [2.75, 3.05) is 24.6 Å². The molecular weight excluding hydrogens is 690 g/mol. The predicted octanol–water partition coefficient (Wildman–Crippen LogP) is 4.35. The summed E-state index contributed by atoms with van der Waals surface area (Å²) in [4.78, 5) is 58.1. The number of aliphatic hydroxyl groups is 1. The average Bonchev–Trinajstić information content (AvgIpc) is 3.65. The Morgan fingerprint density at radius 2 is 1.89 bits per heavy atom. The molecule has 3 saturated heterocycles. The van der Waals surface area contributed by atoms with Crippen LogP contribution in [-0.2, 0) is 28.7 Å². The van der Waals surface area contributed by atoms with Crippen molar-refractivity contribution in [2.45, 2.75) is 60.9 Å². The highest BCUT2D eigenvalue weighted by atomic mass is 79.9. The number of β-amino-alcohol motifs (C(OH)–C–C–N with tert-alkyl or cyclic N) is 1. The molecule has 0 radical (unpaired) electrons. The first kappa shape index (κ1) is 34.8. The molecule has 2 aromatic carbocycles. The second-order valence-electron chi connectivity index (χ2n) is 12.1. The molecule has 47 heavy (non-hydrogen) atoms. The quantitative estimate of drug-likeness (QED) is 0.168. The maximum atomic E-state index is 14.5. The number of carbonyl (C=O) groups excluding carboxylic acids is 4. The second kappa shape index (κ2) is 14.7. The van der Waals surface area contributed by atoms with Gasteiger partial charge >= 0.3 is 5.97 Å². The largest absolute Gasteiger partial charge is 0.455 e. The summed E-state index contributed by atoms with van der Waals surface area (Å²) in [6.45, 7) is 8.85. The van der Waals surface area contributed by atoms with E-state index in [1.54, 1.807) is 55.5 Å². The van der Waals surface area contributed by atoms with E-state index >= 15 is 0 Å². The van der Waals surface area contributed by atoms with Gasteiger partial charge in [0.25, 0.3) is 5.91 Å². The first-order valence-electron chi connectivity index (χ1n) is 15.6. The van der Waals surface area contributed by atoms with Crippen LogP contribution >= 0.6 is 27.5 Å². The van der Waals surface area contributed by atoms with Crippen LogP contribution < -0.4 is 10.2 Å². The van der Waals surface area contributed by atoms with Crippen LogP contribution in [-0.4, -0.2) is 82.0 Å². The number of esters is 1. The Labute approximate surface area is 287 Å². The maximum Gasteiger partial charge on any atom is 0.313 e. The third-order valence-corrected chi connectivity index (χ3v) is 10.2. The van der Waals surface area contributed by atoms with Gasteiger partial charge in [0.1, 0.15) is 17.7 Å². The van der Waals surface area contributed by atoms with E-state index in [0.717, 1.165) is 0 Å². The zero-order valence-electron chi connectivity index (χ0n) is 26.1. The summed E-state index contributed by atoms with van der Waals surface area (Å²) in [5.41, 5.74) is -0.142. The van der Waals surface area contributed by atoms with Gasteiger partial charge in [-0.05, 0) is 49.6 Å². The zero-order chi connectivity index (χ0) is 33.9. The van der Waals surface area contributed by atoms with Crippen LogP contribution in [0, 0.1) is 11.8 Å². The Morgan fingerprint density at radius 1 is 1.19 bits per heavy atom. The molecule has 3 heterocycles. The fourth-order valence-electron chi connectivity index (χ4n) is 7.19. The smallest absolute Gasteiger partial charge is 0.313 e. The number of anilines is 1. The summed E-state index contributed by atoms with van der Waals surface area (Å²) in [5.74, 6) is -3.84. The molecule has 0 aromatic heterocycles. The third-order valence-electron chi connectivity index (χ3n) is 9.14. The molecule has 1 spiro atoms. The number of halogens is 2. The van der Waals surface area contributed by atoms with Crippen molar-refractivity contribution in [3.05, 3.63) is 90.5 Å². The number of hydrogen-bond donors (Lipinski definition) is 2. The van der Waals surface area contributed by atoms with Gasteiger partial charge in [-0.15, -0.1) is 13.2 Å². The normalized spacial score (nSPS) is 27.1. The molecule has 3 amide bonds. The summed E-state index contributed by atoms with van der Waals surface area (Å²) in [6.07, 6.45) is 2.65. The standard InChI is InChI=1S/C35H39BrClN3O7/c1-4-6-12-26(42)38-21(3)29(22-10-8-7-9-11-22)46-34(45)27-28-32(43)40(18-19-41)31(35(28)20-25(36)30(27)47-35)33(44)39(17-5-2)24-15-13-23(37)14-16-24/h4-5,7-11,13-16,21,25,27-31,41H,1-2,6,12,17-20H2,3H3,(H,38,42)/t21-,25?,27-,28+,29-,30-,31-,35+/m0/s1. The van der Waals surface area contributed by atoms with Crippen LogP contribution in [0.2, 0.25) is 5.02 Å². The third kappa shape index (κ3) is 6.63. The van der Waals surface area contributed by atoms with Gasteiger partial charge in [0.2, 0.25) is 11.8 Å². The number of fused-ring (bicyclic) bond motifs is 1. The van der Waals surface area contributed by atoms with Crippen molar-refractivity contribution in [3.63, 3.8) is 0 Å². The summed E-state index contributed by atoms with van der Waals surface area (Å²) < 4.78 is 12.8. The summed E-state index contributed by atoms with van der Waals surface area (Å²) >= 11 is 9.79. The van der Waals surface area contributed by atoms with Crippen molar-refractivity contribution < 1.29 is 33.8 Å². The number of nitrogens with zero attached hydrogens (tertiary/aromatic N) is 2. The highest BCUT2D eigenvalue weighted by Crippen LogP contribution is 2.60. The summed E-state index contributed by atoms with van der Waals surface area (Å²) in [5, 5.41) is 13.4. The average molecular weight is 729 g/mol. The topological polar surface area (TPSA) is 125 Å². The Morgan fingerprint density at radius 3 is 2.53 bits per heavy atom. The van der Waals surface area contributed by atoms with Crippen LogP contribution in [0.3, 0.4) is 0 Å². The molecule has 2 bridgehead atoms. The van der Waals surface area contributed by atoms with Gasteiger partial charge in [-0.3, -0.25) is 19.2 Å². The highest BCUT2D eigenvalue weighted by molar-refractivity contribution is 9.09. The lowest BCUT2D eigenvalue weighted by Gasteiger charge is -2.37. The van der Waals surface area contributed by atoms with Crippen LogP contribution in [0.15, 0.2) is 79.9 Å². The van der Waals surface area contributed by atoms with Crippen LogP contribution in [0.1, 0.15) is 37.9 Å². The van der Waals surface area contributed by atoms with E-state index in [-0.39, 0.29) is 36.7 Å². The fourth-order valence-corrected chi connectivity index (χ4v) is 8.26. The monoisotopic (exact) mass is 727 g/mol. The summed E-state index contributed by atoms with van der Waals surface area (Å²) in [6, 6.07) is 14.1. The van der Waals surface area contributed by atoms with Crippen molar-refractivity contribution >= 4 is 56.9 Å². The number of benzene rings is 2. The van der Waals surface area contributed by atoms with E-state index < -0.39 is 66.1 Å². The lowest BCUT2D eigenvalue weighted by Crippen LogP contribution is -2.57. The molecule has 0 saturated carbocycles. The molecule has 3 fully saturated rings. The number of ether oxygens (including phenoxy) is 2. The molecule has 10 nitrogen and oxygen atoms in total. The molecule has 0 aliphatic carbocycles. The van der Waals surface area contributed by atoms with Gasteiger partial charge in [-0.2, -0.15) is 0 Å². The second-order valence-corrected chi connectivity index (χ2v) is 13.7. The number of likely N-dealkylation sites (tertiary alicyclic amines) is 1. The first-order chi connectivity index (χ1) is 22.6. The van der Waals surface area contributed by atoms with Crippen LogP contribution in [0.5, 0.6) is 0 Å². The number of nitrogens with one attached hydrogen (secondary N) is 1. The molecule has 3 aliphatic heterocycles. The van der Waals surface area contributed by atoms with Gasteiger partial charge in [0.05, 0.1) is 30.6 Å². The minimum atomic E-state index is -1.36. The SMILES string of the molecule is C=CCCC(=O)N[C@@H](C)[C@H](OC(=O)[C@@H]1[C@H]2O[C@@]3(CC2Br)[C@H](C(=O)N(CC=C)c2ccc(Cl)cc2)N(CCO)C(=O)[C@@H]13)c1ccccc1. The van der Waals surface area contributed by atoms with E-state index in [9.17, 15) is 24.3 Å². The van der Waals surface area contributed by atoms with Crippen molar-refractivity contribution in [1.82, 2.24) is 10.2 Å². The molecule has 2 N–H and O–H groups in total. The number of aliphatic hydroxyl groups excluding tert-OH is 1. The Hall–Kier alpha value is -3.51. The molecule has 5 rings (SSSR count). The molecule has 250 valence electrons. The molecule has 8 atom stereocenters. The fraction of sp³-hybridized carbons (Fsp3) is 0.429. The van der Waals surface area contributed by atoms with Gasteiger partial charge in [-0.1, -0.05) is 70.0 Å². The summed E-state index contributed by atoms with van der Waals surface area (Å²) in [7, 11) is 0. The molecule has 12 heteroatoms. The lowest BCUT2D eigenvalue weighted by atomic mass is 9.70. The zero-order valence-corrected chi connectivity index (χ0v) is 28.4. The van der Waals surface area contributed by atoms with E-state index in [1.165, 1.54) is 9.80 Å². The number of rotatable bonds is 14. The number of allylic oxidation sites excluding steroid dienone is 1. The maximum absolute atomic E-state index is 14.5. The number of carbonyl (C=O) groups is 4. The first-order valence-corrected chi connectivity index (χ1v) is 16.9. The number of alkyl halides is 1. The molecule has 1 unspecified atom stereocenters. The Balaban J connectivity index is 1.48. The Kier molecular flexibility index (Phi) is 10.9. The van der Waals surface area contributed by atoms with Gasteiger partial charge in [0.15, 0.2) is 0 Å². The molecular formula is C35H39BrClN3O7. The Bertz CT molecular complexity index is 1510. The number of amides is 3. The van der Waals surface area contributed by atoms with Crippen LogP contribution in [0.4, 0.5) is 5.69 Å². The predicted molar refractivity (Wildman–Crippen MR) is 181 cm³/mol. The van der Waals surface area contributed by atoms with Crippen molar-refractivity contribution in [1.29, 1.82) is 0 Å². The van der Waals surface area contributed by atoms with E-state index in [4.69, 9.17) is 21.1 Å². The van der Waals surface area contributed by atoms with Crippen molar-refractivity contribution in [2.24, 2.45) is 11.8 Å². The lowest BCUT2D eigenvalue weighted by molar-refractivity contribution is -0.162. The van der Waals surface area contributed by atoms with E-state index in [0.29, 0.717) is 22.7 Å². The highest BCUT2D eigenvalue weighted by Gasteiger charge is 2.77.